The minimum Gasteiger partial charge on any atom is -0.374 e. The zero-order valence-electron chi connectivity index (χ0n) is 7.00. The second-order valence-corrected chi connectivity index (χ2v) is 3.07. The van der Waals surface area contributed by atoms with Crippen LogP contribution < -0.4 is 4.90 Å². The van der Waals surface area contributed by atoms with E-state index in [0.717, 1.165) is 18.0 Å². The summed E-state index contributed by atoms with van der Waals surface area (Å²) in [6.45, 7) is 0.870. The van der Waals surface area contributed by atoms with E-state index < -0.39 is 0 Å². The van der Waals surface area contributed by atoms with Crippen molar-refractivity contribution in [1.29, 1.82) is 0 Å². The lowest BCUT2D eigenvalue weighted by molar-refractivity contribution is 0.627. The van der Waals surface area contributed by atoms with Gasteiger partial charge in [0, 0.05) is 25.0 Å². The molecule has 0 bridgehead atoms. The Morgan fingerprint density at radius 1 is 1.33 bits per heavy atom. The van der Waals surface area contributed by atoms with Gasteiger partial charge < -0.3 is 4.90 Å². The van der Waals surface area contributed by atoms with Crippen LogP contribution in [0.25, 0.3) is 0 Å². The third kappa shape index (κ3) is 2.41. The van der Waals surface area contributed by atoms with Gasteiger partial charge in [-0.25, -0.2) is 4.39 Å². The molecule has 0 unspecified atom stereocenters. The quantitative estimate of drug-likeness (QED) is 0.706. The first-order valence-electron chi connectivity index (χ1n) is 3.81. The Labute approximate surface area is 77.6 Å². The first kappa shape index (κ1) is 9.39. The molecule has 0 amide bonds. The van der Waals surface area contributed by atoms with E-state index in [1.54, 1.807) is 12.1 Å². The van der Waals surface area contributed by atoms with Gasteiger partial charge in [0.15, 0.2) is 0 Å². The predicted octanol–water partition coefficient (Wildman–Crippen LogP) is 2.19. The van der Waals surface area contributed by atoms with Crippen LogP contribution in [0.2, 0.25) is 0 Å². The molecule has 0 saturated carbocycles. The van der Waals surface area contributed by atoms with Crippen LogP contribution in [0.3, 0.4) is 0 Å². The summed E-state index contributed by atoms with van der Waals surface area (Å²) < 4.78 is 12.5. The Bertz CT molecular complexity index is 235. The number of rotatable bonds is 3. The molecule has 0 aliphatic carbocycles. The normalized spacial score (nSPS) is 9.92. The molecule has 3 heteroatoms. The van der Waals surface area contributed by atoms with Gasteiger partial charge in [-0.05, 0) is 24.3 Å². The molecule has 0 atom stereocenters. The second kappa shape index (κ2) is 4.36. The monoisotopic (exact) mass is 185 g/mol. The number of halogens is 1. The average Bonchev–Trinajstić information content (AvgIpc) is 2.06. The fourth-order valence-electron chi connectivity index (χ4n) is 0.975. The van der Waals surface area contributed by atoms with E-state index in [4.69, 9.17) is 0 Å². The van der Waals surface area contributed by atoms with Gasteiger partial charge in [-0.3, -0.25) is 0 Å². The zero-order chi connectivity index (χ0) is 8.97. The molecule has 1 aromatic rings. The summed E-state index contributed by atoms with van der Waals surface area (Å²) in [6, 6.07) is 6.45. The first-order chi connectivity index (χ1) is 5.74. The van der Waals surface area contributed by atoms with Crippen molar-refractivity contribution in [1.82, 2.24) is 0 Å². The number of thiol groups is 1. The molecule has 0 heterocycles. The lowest BCUT2D eigenvalue weighted by Gasteiger charge is -2.17. The van der Waals surface area contributed by atoms with Crippen LogP contribution in [0.15, 0.2) is 24.3 Å². The molecule has 1 nitrogen and oxygen atoms in total. The summed E-state index contributed by atoms with van der Waals surface area (Å²) in [5, 5.41) is 0. The smallest absolute Gasteiger partial charge is 0.123 e. The molecular formula is C9H12FNS. The standard InChI is InChI=1S/C9H12FNS/c1-11(6-7-12)9-4-2-8(10)3-5-9/h2-5,12H,6-7H2,1H3. The number of benzene rings is 1. The maximum Gasteiger partial charge on any atom is 0.123 e. The zero-order valence-corrected chi connectivity index (χ0v) is 7.89. The van der Waals surface area contributed by atoms with Crippen LogP contribution in [-0.4, -0.2) is 19.3 Å². The fourth-order valence-corrected chi connectivity index (χ4v) is 1.27. The van der Waals surface area contributed by atoms with E-state index in [-0.39, 0.29) is 5.82 Å². The van der Waals surface area contributed by atoms with Crippen molar-refractivity contribution in [2.45, 2.75) is 0 Å². The first-order valence-corrected chi connectivity index (χ1v) is 4.45. The van der Waals surface area contributed by atoms with Crippen LogP contribution in [0.5, 0.6) is 0 Å². The second-order valence-electron chi connectivity index (χ2n) is 2.62. The third-order valence-corrected chi connectivity index (χ3v) is 1.90. The van der Waals surface area contributed by atoms with Crippen LogP contribution in [0.1, 0.15) is 0 Å². The van der Waals surface area contributed by atoms with Crippen LogP contribution in [0.4, 0.5) is 10.1 Å². The number of hydrogen-bond donors (Lipinski definition) is 1. The summed E-state index contributed by atoms with van der Waals surface area (Å²) >= 11 is 4.11. The van der Waals surface area contributed by atoms with Gasteiger partial charge in [0.2, 0.25) is 0 Å². The van der Waals surface area contributed by atoms with Crippen LogP contribution >= 0.6 is 12.6 Å². The highest BCUT2D eigenvalue weighted by Crippen LogP contribution is 2.12. The van der Waals surface area contributed by atoms with Gasteiger partial charge in [-0.15, -0.1) is 0 Å². The maximum atomic E-state index is 12.5. The highest BCUT2D eigenvalue weighted by Gasteiger charge is 1.98. The van der Waals surface area contributed by atoms with Crippen molar-refractivity contribution >= 4 is 18.3 Å². The molecular weight excluding hydrogens is 173 g/mol. The lowest BCUT2D eigenvalue weighted by atomic mass is 10.3. The molecule has 0 spiro atoms. The largest absolute Gasteiger partial charge is 0.374 e. The van der Waals surface area contributed by atoms with E-state index >= 15 is 0 Å². The van der Waals surface area contributed by atoms with E-state index in [2.05, 4.69) is 12.6 Å². The molecule has 1 rings (SSSR count). The van der Waals surface area contributed by atoms with Gasteiger partial charge in [-0.2, -0.15) is 12.6 Å². The van der Waals surface area contributed by atoms with Crippen molar-refractivity contribution in [3.8, 4) is 0 Å². The number of anilines is 1. The lowest BCUT2D eigenvalue weighted by Crippen LogP contribution is -2.19. The van der Waals surface area contributed by atoms with Crippen molar-refractivity contribution < 1.29 is 4.39 Å². The van der Waals surface area contributed by atoms with E-state index in [0.29, 0.717) is 0 Å². The molecule has 0 saturated heterocycles. The summed E-state index contributed by atoms with van der Waals surface area (Å²) in [7, 11) is 1.96. The molecule has 0 N–H and O–H groups in total. The third-order valence-electron chi connectivity index (χ3n) is 1.70. The van der Waals surface area contributed by atoms with Gasteiger partial charge in [0.25, 0.3) is 0 Å². The summed E-state index contributed by atoms with van der Waals surface area (Å²) in [4.78, 5) is 2.03. The van der Waals surface area contributed by atoms with Crippen molar-refractivity contribution in [2.24, 2.45) is 0 Å². The highest BCUT2D eigenvalue weighted by molar-refractivity contribution is 7.80. The van der Waals surface area contributed by atoms with Gasteiger partial charge >= 0.3 is 0 Å². The molecule has 0 aliphatic rings. The van der Waals surface area contributed by atoms with E-state index in [1.807, 2.05) is 11.9 Å². The van der Waals surface area contributed by atoms with Gasteiger partial charge in [-0.1, -0.05) is 0 Å². The topological polar surface area (TPSA) is 3.24 Å². The Kier molecular flexibility index (Phi) is 3.41. The van der Waals surface area contributed by atoms with Crippen LogP contribution in [-0.2, 0) is 0 Å². The Balaban J connectivity index is 2.68. The average molecular weight is 185 g/mol. The molecule has 0 fully saturated rings. The number of nitrogens with zero attached hydrogens (tertiary/aromatic N) is 1. The Morgan fingerprint density at radius 3 is 2.42 bits per heavy atom. The summed E-state index contributed by atoms with van der Waals surface area (Å²) in [6.07, 6.45) is 0. The van der Waals surface area contributed by atoms with Crippen LogP contribution in [0, 0.1) is 5.82 Å². The molecule has 0 aromatic heterocycles. The minimum atomic E-state index is -0.196. The van der Waals surface area contributed by atoms with Crippen molar-refractivity contribution in [3.63, 3.8) is 0 Å². The fraction of sp³-hybridized carbons (Fsp3) is 0.333. The summed E-state index contributed by atoms with van der Waals surface area (Å²) in [5.41, 5.74) is 1.02. The number of hydrogen-bond acceptors (Lipinski definition) is 2. The van der Waals surface area contributed by atoms with Gasteiger partial charge in [0.1, 0.15) is 5.82 Å². The maximum absolute atomic E-state index is 12.5. The predicted molar refractivity (Wildman–Crippen MR) is 53.5 cm³/mol. The Morgan fingerprint density at radius 2 is 1.92 bits per heavy atom. The molecule has 0 radical (unpaired) electrons. The highest BCUT2D eigenvalue weighted by atomic mass is 32.1. The van der Waals surface area contributed by atoms with Crippen molar-refractivity contribution in [3.05, 3.63) is 30.1 Å². The van der Waals surface area contributed by atoms with E-state index in [1.165, 1.54) is 12.1 Å². The molecule has 0 aliphatic heterocycles. The Hall–Kier alpha value is -0.700. The molecule has 12 heavy (non-hydrogen) atoms. The van der Waals surface area contributed by atoms with E-state index in [9.17, 15) is 4.39 Å². The molecule has 1 aromatic carbocycles. The van der Waals surface area contributed by atoms with Crippen molar-refractivity contribution in [2.75, 3.05) is 24.2 Å². The summed E-state index contributed by atoms with van der Waals surface area (Å²) in [5.74, 6) is 0.603. The van der Waals surface area contributed by atoms with Gasteiger partial charge in [0.05, 0.1) is 0 Å². The SMILES string of the molecule is CN(CCS)c1ccc(F)cc1. The molecule has 66 valence electrons. The minimum absolute atomic E-state index is 0.196.